The molecular formula is C14H17N5O3S. The summed E-state index contributed by atoms with van der Waals surface area (Å²) < 4.78 is 26.1. The molecule has 0 saturated heterocycles. The molecule has 8 nitrogen and oxygen atoms in total. The van der Waals surface area contributed by atoms with E-state index >= 15 is 0 Å². The summed E-state index contributed by atoms with van der Waals surface area (Å²) in [5.41, 5.74) is -0.463. The van der Waals surface area contributed by atoms with Gasteiger partial charge in [0.15, 0.2) is 5.66 Å². The lowest BCUT2D eigenvalue weighted by Crippen LogP contribution is -2.38. The van der Waals surface area contributed by atoms with Crippen molar-refractivity contribution in [3.8, 4) is 12.3 Å². The Hall–Kier alpha value is -2.31. The number of carbonyl (C=O) groups is 1. The highest BCUT2D eigenvalue weighted by Crippen LogP contribution is 2.35. The molecule has 0 aromatic carbocycles. The van der Waals surface area contributed by atoms with Gasteiger partial charge in [-0.2, -0.15) is 10.2 Å². The maximum Gasteiger partial charge on any atom is 0.242 e. The lowest BCUT2D eigenvalue weighted by Gasteiger charge is -2.10. The van der Waals surface area contributed by atoms with Gasteiger partial charge in [0.2, 0.25) is 15.9 Å². The van der Waals surface area contributed by atoms with Crippen LogP contribution in [0.2, 0.25) is 0 Å². The molecule has 2 heterocycles. The Morgan fingerprint density at radius 3 is 2.74 bits per heavy atom. The van der Waals surface area contributed by atoms with Gasteiger partial charge >= 0.3 is 0 Å². The van der Waals surface area contributed by atoms with E-state index in [1.807, 2.05) is 0 Å². The van der Waals surface area contributed by atoms with Crippen molar-refractivity contribution < 1.29 is 13.2 Å². The monoisotopic (exact) mass is 335 g/mol. The van der Waals surface area contributed by atoms with Crippen LogP contribution in [0.4, 0.5) is 0 Å². The van der Waals surface area contributed by atoms with E-state index in [2.05, 4.69) is 31.2 Å². The van der Waals surface area contributed by atoms with E-state index < -0.39 is 21.6 Å². The largest absolute Gasteiger partial charge is 0.355 e. The standard InChI is InChI=1S/C14H17N5O3S/c1-2-3-6-14(18-19-14)7-9-16-13(20)11-17-23(21,22)12-5-4-8-15-10-12/h1,4-5,8,10,17H,3,6-7,9,11H2,(H,16,20). The van der Waals surface area contributed by atoms with E-state index in [0.29, 0.717) is 25.8 Å². The van der Waals surface area contributed by atoms with Gasteiger partial charge in [0.25, 0.3) is 0 Å². The van der Waals surface area contributed by atoms with Crippen LogP contribution in [0.25, 0.3) is 0 Å². The van der Waals surface area contributed by atoms with Gasteiger partial charge in [0.1, 0.15) is 4.90 Å². The van der Waals surface area contributed by atoms with Crippen molar-refractivity contribution in [2.45, 2.75) is 29.8 Å². The molecule has 0 unspecified atom stereocenters. The predicted molar refractivity (Wildman–Crippen MR) is 82.7 cm³/mol. The quantitative estimate of drug-likeness (QED) is 0.638. The van der Waals surface area contributed by atoms with Crippen LogP contribution in [-0.2, 0) is 14.8 Å². The summed E-state index contributed by atoms with van der Waals surface area (Å²) in [6, 6.07) is 2.91. The van der Waals surface area contributed by atoms with E-state index in [1.54, 1.807) is 0 Å². The lowest BCUT2D eigenvalue weighted by molar-refractivity contribution is -0.119. The fraction of sp³-hybridized carbons (Fsp3) is 0.429. The minimum Gasteiger partial charge on any atom is -0.355 e. The zero-order valence-corrected chi connectivity index (χ0v) is 13.2. The molecule has 23 heavy (non-hydrogen) atoms. The number of pyridine rings is 1. The van der Waals surface area contributed by atoms with Gasteiger partial charge in [-0.15, -0.1) is 12.3 Å². The third kappa shape index (κ3) is 5.12. The molecule has 9 heteroatoms. The van der Waals surface area contributed by atoms with Crippen molar-refractivity contribution in [3.63, 3.8) is 0 Å². The molecule has 2 rings (SSSR count). The van der Waals surface area contributed by atoms with E-state index in [9.17, 15) is 13.2 Å². The highest BCUT2D eigenvalue weighted by atomic mass is 32.2. The maximum absolute atomic E-state index is 11.9. The van der Waals surface area contributed by atoms with Crippen molar-refractivity contribution in [3.05, 3.63) is 24.5 Å². The van der Waals surface area contributed by atoms with Crippen LogP contribution in [0.3, 0.4) is 0 Å². The SMILES string of the molecule is C#CCCC1(CCNC(=O)CNS(=O)(=O)c2cccnc2)N=N1. The van der Waals surface area contributed by atoms with Crippen molar-refractivity contribution in [1.82, 2.24) is 15.0 Å². The Labute approximate surface area is 134 Å². The summed E-state index contributed by atoms with van der Waals surface area (Å²) in [6.45, 7) is 0.00783. The van der Waals surface area contributed by atoms with Gasteiger partial charge in [-0.3, -0.25) is 9.78 Å². The molecular weight excluding hydrogens is 318 g/mol. The molecule has 1 aromatic heterocycles. The number of terminal acetylenes is 1. The van der Waals surface area contributed by atoms with E-state index in [0.717, 1.165) is 0 Å². The first-order chi connectivity index (χ1) is 11.0. The average Bonchev–Trinajstić information content (AvgIpc) is 3.32. The van der Waals surface area contributed by atoms with Crippen LogP contribution < -0.4 is 10.0 Å². The van der Waals surface area contributed by atoms with Crippen LogP contribution in [0.1, 0.15) is 19.3 Å². The fourth-order valence-corrected chi connectivity index (χ4v) is 2.83. The molecule has 0 fully saturated rings. The molecule has 0 saturated carbocycles. The number of hydrogen-bond donors (Lipinski definition) is 2. The number of nitrogens with zero attached hydrogens (tertiary/aromatic N) is 3. The molecule has 0 spiro atoms. The topological polar surface area (TPSA) is 113 Å². The summed E-state index contributed by atoms with van der Waals surface area (Å²) in [7, 11) is -3.74. The second-order valence-corrected chi connectivity index (χ2v) is 6.77. The number of amides is 1. The van der Waals surface area contributed by atoms with Crippen molar-refractivity contribution >= 4 is 15.9 Å². The number of nitrogens with one attached hydrogen (secondary N) is 2. The molecule has 0 aliphatic carbocycles. The molecule has 0 radical (unpaired) electrons. The minimum atomic E-state index is -3.74. The Balaban J connectivity index is 1.71. The highest BCUT2D eigenvalue weighted by molar-refractivity contribution is 7.89. The van der Waals surface area contributed by atoms with Gasteiger partial charge in [0, 0.05) is 38.2 Å². The molecule has 1 aromatic rings. The van der Waals surface area contributed by atoms with Gasteiger partial charge in [-0.05, 0) is 12.1 Å². The van der Waals surface area contributed by atoms with Crippen LogP contribution in [0, 0.1) is 12.3 Å². The van der Waals surface area contributed by atoms with Crippen molar-refractivity contribution in [1.29, 1.82) is 0 Å². The Morgan fingerprint density at radius 2 is 2.13 bits per heavy atom. The molecule has 0 atom stereocenters. The molecule has 0 bridgehead atoms. The maximum atomic E-state index is 11.9. The van der Waals surface area contributed by atoms with Gasteiger partial charge < -0.3 is 5.32 Å². The Kier molecular flexibility index (Phi) is 5.41. The second kappa shape index (κ2) is 7.30. The van der Waals surface area contributed by atoms with Crippen LogP contribution in [-0.4, -0.2) is 38.1 Å². The lowest BCUT2D eigenvalue weighted by atomic mass is 10.0. The first-order valence-electron chi connectivity index (χ1n) is 7.01. The summed E-state index contributed by atoms with van der Waals surface area (Å²) in [5.74, 6) is 2.10. The third-order valence-corrected chi connectivity index (χ3v) is 4.65. The first-order valence-corrected chi connectivity index (χ1v) is 8.50. The summed E-state index contributed by atoms with van der Waals surface area (Å²) in [5, 5.41) is 10.5. The zero-order chi connectivity index (χ0) is 16.8. The minimum absolute atomic E-state index is 0.0108. The van der Waals surface area contributed by atoms with Crippen LogP contribution in [0.15, 0.2) is 39.7 Å². The van der Waals surface area contributed by atoms with E-state index in [4.69, 9.17) is 6.42 Å². The molecule has 1 amide bonds. The number of hydrogen-bond acceptors (Lipinski definition) is 6. The normalized spacial score (nSPS) is 14.9. The van der Waals surface area contributed by atoms with E-state index in [-0.39, 0.29) is 11.4 Å². The smallest absolute Gasteiger partial charge is 0.242 e. The first kappa shape index (κ1) is 17.1. The van der Waals surface area contributed by atoms with E-state index in [1.165, 1.54) is 24.5 Å². The summed E-state index contributed by atoms with van der Waals surface area (Å²) in [4.78, 5) is 15.4. The second-order valence-electron chi connectivity index (χ2n) is 5.00. The molecule has 1 aliphatic rings. The molecule has 2 N–H and O–H groups in total. The number of aromatic nitrogens is 1. The van der Waals surface area contributed by atoms with Gasteiger partial charge in [0.05, 0.1) is 6.54 Å². The Morgan fingerprint density at radius 1 is 1.35 bits per heavy atom. The van der Waals surface area contributed by atoms with Gasteiger partial charge in [-0.1, -0.05) is 0 Å². The van der Waals surface area contributed by atoms with Crippen LogP contribution in [0.5, 0.6) is 0 Å². The predicted octanol–water partition coefficient (Wildman–Crippen LogP) is 0.442. The third-order valence-electron chi connectivity index (χ3n) is 3.27. The van der Waals surface area contributed by atoms with Crippen molar-refractivity contribution in [2.24, 2.45) is 10.2 Å². The highest BCUT2D eigenvalue weighted by Gasteiger charge is 2.38. The summed E-state index contributed by atoms with van der Waals surface area (Å²) in [6.07, 6.45) is 9.66. The molecule has 1 aliphatic heterocycles. The molecule has 122 valence electrons. The fourth-order valence-electron chi connectivity index (χ4n) is 1.88. The zero-order valence-electron chi connectivity index (χ0n) is 12.4. The number of sulfonamides is 1. The Bertz CT molecular complexity index is 719. The average molecular weight is 335 g/mol. The van der Waals surface area contributed by atoms with Crippen LogP contribution >= 0.6 is 0 Å². The van der Waals surface area contributed by atoms with Crippen molar-refractivity contribution in [2.75, 3.05) is 13.1 Å². The number of carbonyl (C=O) groups excluding carboxylic acids is 1. The summed E-state index contributed by atoms with van der Waals surface area (Å²) >= 11 is 0. The van der Waals surface area contributed by atoms with Gasteiger partial charge in [-0.25, -0.2) is 13.1 Å². The number of rotatable bonds is 9.